The van der Waals surface area contributed by atoms with E-state index in [-0.39, 0.29) is 12.5 Å². The molecule has 0 aliphatic heterocycles. The van der Waals surface area contributed by atoms with Crippen molar-refractivity contribution in [2.45, 2.75) is 26.8 Å². The third-order valence-corrected chi connectivity index (χ3v) is 3.42. The van der Waals surface area contributed by atoms with E-state index in [4.69, 9.17) is 4.74 Å². The number of carbonyl (C=O) groups is 2. The first-order chi connectivity index (χ1) is 11.9. The van der Waals surface area contributed by atoms with Crippen LogP contribution in [0.4, 0.5) is 4.79 Å². The second-order valence-corrected chi connectivity index (χ2v) is 6.40. The van der Waals surface area contributed by atoms with Crippen LogP contribution in [-0.4, -0.2) is 43.6 Å². The van der Waals surface area contributed by atoms with Crippen LogP contribution in [0.1, 0.15) is 25.8 Å². The van der Waals surface area contributed by atoms with Crippen molar-refractivity contribution in [1.29, 1.82) is 0 Å². The van der Waals surface area contributed by atoms with E-state index in [2.05, 4.69) is 31.1 Å². The average molecular weight is 347 g/mol. The molecule has 1 rings (SSSR count). The maximum atomic E-state index is 11.9. The molecule has 3 amide bonds. The zero-order valence-corrected chi connectivity index (χ0v) is 15.4. The number of likely N-dealkylation sites (N-methyl/N-ethyl adjacent to an activating group) is 1. The molecule has 0 unspecified atom stereocenters. The highest BCUT2D eigenvalue weighted by molar-refractivity contribution is 5.95. The van der Waals surface area contributed by atoms with Gasteiger partial charge in [-0.3, -0.25) is 15.0 Å². The molecule has 138 valence electrons. The lowest BCUT2D eigenvalue weighted by Gasteiger charge is -2.16. The van der Waals surface area contributed by atoms with Gasteiger partial charge in [-0.25, -0.2) is 4.79 Å². The smallest absolute Gasteiger partial charge is 0.321 e. The van der Waals surface area contributed by atoms with Crippen LogP contribution in [0.2, 0.25) is 0 Å². The van der Waals surface area contributed by atoms with Gasteiger partial charge in [0.25, 0.3) is 0 Å². The van der Waals surface area contributed by atoms with Crippen molar-refractivity contribution in [3.8, 4) is 5.75 Å². The number of nitrogens with one attached hydrogen (secondary N) is 2. The number of ether oxygens (including phenoxy) is 1. The van der Waals surface area contributed by atoms with Gasteiger partial charge in [-0.1, -0.05) is 38.6 Å². The van der Waals surface area contributed by atoms with E-state index in [1.807, 2.05) is 36.2 Å². The van der Waals surface area contributed by atoms with Crippen molar-refractivity contribution in [3.63, 3.8) is 0 Å². The number of benzene rings is 1. The Morgan fingerprint density at radius 1 is 1.28 bits per heavy atom. The van der Waals surface area contributed by atoms with Crippen molar-refractivity contribution in [1.82, 2.24) is 15.5 Å². The van der Waals surface area contributed by atoms with Crippen molar-refractivity contribution >= 4 is 11.9 Å². The number of rotatable bonds is 10. The predicted molar refractivity (Wildman–Crippen MR) is 99.5 cm³/mol. The third kappa shape index (κ3) is 9.52. The molecule has 25 heavy (non-hydrogen) atoms. The number of amides is 3. The van der Waals surface area contributed by atoms with Gasteiger partial charge in [0.15, 0.2) is 0 Å². The molecule has 0 saturated carbocycles. The molecule has 1 aromatic rings. The summed E-state index contributed by atoms with van der Waals surface area (Å²) < 4.78 is 5.43. The molecular formula is C19H29N3O3. The Morgan fingerprint density at radius 3 is 2.56 bits per heavy atom. The van der Waals surface area contributed by atoms with Gasteiger partial charge in [0.1, 0.15) is 12.4 Å². The van der Waals surface area contributed by atoms with Gasteiger partial charge in [0, 0.05) is 13.1 Å². The van der Waals surface area contributed by atoms with E-state index in [1.54, 1.807) is 6.08 Å². The van der Waals surface area contributed by atoms with Crippen molar-refractivity contribution in [3.05, 3.63) is 42.5 Å². The third-order valence-electron chi connectivity index (χ3n) is 3.42. The molecule has 6 nitrogen and oxygen atoms in total. The van der Waals surface area contributed by atoms with E-state index < -0.39 is 6.03 Å². The predicted octanol–water partition coefficient (Wildman–Crippen LogP) is 2.56. The number of hydrogen-bond acceptors (Lipinski definition) is 4. The van der Waals surface area contributed by atoms with Crippen molar-refractivity contribution in [2.75, 3.05) is 26.7 Å². The minimum atomic E-state index is -0.442. The molecule has 6 heteroatoms. The van der Waals surface area contributed by atoms with E-state index >= 15 is 0 Å². The summed E-state index contributed by atoms with van der Waals surface area (Å²) in [4.78, 5) is 25.3. The van der Waals surface area contributed by atoms with Gasteiger partial charge >= 0.3 is 6.03 Å². The molecule has 0 fully saturated rings. The average Bonchev–Trinajstić information content (AvgIpc) is 2.53. The van der Waals surface area contributed by atoms with Crippen molar-refractivity contribution in [2.24, 2.45) is 5.92 Å². The van der Waals surface area contributed by atoms with Crippen LogP contribution in [0.5, 0.6) is 5.75 Å². The minimum absolute atomic E-state index is 0.145. The van der Waals surface area contributed by atoms with Gasteiger partial charge < -0.3 is 10.1 Å². The minimum Gasteiger partial charge on any atom is -0.490 e. The first kappa shape index (κ1) is 20.7. The van der Waals surface area contributed by atoms with Crippen LogP contribution in [0.3, 0.4) is 0 Å². The summed E-state index contributed by atoms with van der Waals surface area (Å²) >= 11 is 0. The lowest BCUT2D eigenvalue weighted by molar-refractivity contribution is -0.120. The zero-order chi connectivity index (χ0) is 18.7. The fourth-order valence-electron chi connectivity index (χ4n) is 2.14. The number of carbonyl (C=O) groups excluding carboxylic acids is 2. The Balaban J connectivity index is 2.32. The number of urea groups is 1. The van der Waals surface area contributed by atoms with E-state index in [0.29, 0.717) is 25.6 Å². The summed E-state index contributed by atoms with van der Waals surface area (Å²) in [5.74, 6) is 0.966. The van der Waals surface area contributed by atoms with Crippen LogP contribution >= 0.6 is 0 Å². The summed E-state index contributed by atoms with van der Waals surface area (Å²) in [7, 11) is 1.83. The highest BCUT2D eigenvalue weighted by Crippen LogP contribution is 2.13. The largest absolute Gasteiger partial charge is 0.490 e. The highest BCUT2D eigenvalue weighted by atomic mass is 16.5. The standard InChI is InChI=1S/C19H29N3O3/c1-5-12-25-17-8-6-16(7-9-17)13-22(4)14-18(23)21-19(24)20-11-10-15(2)3/h5-9,15H,1,10-14H2,2-4H3,(H2,20,21,23,24). The molecule has 0 bridgehead atoms. The fourth-order valence-corrected chi connectivity index (χ4v) is 2.14. The molecular weight excluding hydrogens is 318 g/mol. The molecule has 0 aliphatic rings. The molecule has 1 aromatic carbocycles. The Labute approximate surface area is 150 Å². The van der Waals surface area contributed by atoms with Crippen LogP contribution in [0.25, 0.3) is 0 Å². The summed E-state index contributed by atoms with van der Waals surface area (Å²) in [5, 5.41) is 5.02. The van der Waals surface area contributed by atoms with E-state index in [9.17, 15) is 9.59 Å². The van der Waals surface area contributed by atoms with E-state index in [0.717, 1.165) is 17.7 Å². The van der Waals surface area contributed by atoms with Gasteiger partial charge in [0.05, 0.1) is 6.54 Å². The Morgan fingerprint density at radius 2 is 1.96 bits per heavy atom. The molecule has 0 aromatic heterocycles. The van der Waals surface area contributed by atoms with Gasteiger partial charge in [-0.15, -0.1) is 0 Å². The molecule has 0 radical (unpaired) electrons. The number of imide groups is 1. The molecule has 0 saturated heterocycles. The van der Waals surface area contributed by atoms with Crippen LogP contribution in [-0.2, 0) is 11.3 Å². The second kappa shape index (κ2) is 11.3. The summed E-state index contributed by atoms with van der Waals surface area (Å²) in [5.41, 5.74) is 1.06. The van der Waals surface area contributed by atoms with Gasteiger partial charge in [0.2, 0.25) is 5.91 Å². The van der Waals surface area contributed by atoms with Crippen molar-refractivity contribution < 1.29 is 14.3 Å². The second-order valence-electron chi connectivity index (χ2n) is 6.40. The summed E-state index contributed by atoms with van der Waals surface area (Å²) in [6.07, 6.45) is 2.58. The Hall–Kier alpha value is -2.34. The lowest BCUT2D eigenvalue weighted by atomic mass is 10.1. The number of hydrogen-bond donors (Lipinski definition) is 2. The first-order valence-electron chi connectivity index (χ1n) is 8.49. The monoisotopic (exact) mass is 347 g/mol. The molecule has 0 heterocycles. The molecule has 0 aliphatic carbocycles. The van der Waals surface area contributed by atoms with Crippen LogP contribution in [0.15, 0.2) is 36.9 Å². The fraction of sp³-hybridized carbons (Fsp3) is 0.474. The first-order valence-corrected chi connectivity index (χ1v) is 8.49. The highest BCUT2D eigenvalue weighted by Gasteiger charge is 2.10. The lowest BCUT2D eigenvalue weighted by Crippen LogP contribution is -2.44. The maximum Gasteiger partial charge on any atom is 0.321 e. The van der Waals surface area contributed by atoms with E-state index in [1.165, 1.54) is 0 Å². The van der Waals surface area contributed by atoms with Gasteiger partial charge in [-0.2, -0.15) is 0 Å². The zero-order valence-electron chi connectivity index (χ0n) is 15.4. The normalized spacial score (nSPS) is 10.6. The maximum absolute atomic E-state index is 11.9. The van der Waals surface area contributed by atoms with Gasteiger partial charge in [-0.05, 0) is 37.1 Å². The number of nitrogens with zero attached hydrogens (tertiary/aromatic N) is 1. The van der Waals surface area contributed by atoms with Crippen LogP contribution in [0, 0.1) is 5.92 Å². The molecule has 0 atom stereocenters. The molecule has 0 spiro atoms. The Kier molecular flexibility index (Phi) is 9.32. The summed E-state index contributed by atoms with van der Waals surface area (Å²) in [6.45, 7) is 9.55. The molecule has 2 N–H and O–H groups in total. The quantitative estimate of drug-likeness (QED) is 0.638. The topological polar surface area (TPSA) is 70.7 Å². The SMILES string of the molecule is C=CCOc1ccc(CN(C)CC(=O)NC(=O)NCCC(C)C)cc1. The van der Waals surface area contributed by atoms with Crippen LogP contribution < -0.4 is 15.4 Å². The summed E-state index contributed by atoms with van der Waals surface area (Å²) in [6, 6.07) is 7.23. The Bertz CT molecular complexity index is 556.